The van der Waals surface area contributed by atoms with Gasteiger partial charge in [-0.1, -0.05) is 29.8 Å². The van der Waals surface area contributed by atoms with E-state index in [1.54, 1.807) is 0 Å². The van der Waals surface area contributed by atoms with Gasteiger partial charge in [0.15, 0.2) is 12.6 Å². The Morgan fingerprint density at radius 2 is 2.00 bits per heavy atom. The first kappa shape index (κ1) is 14.6. The number of aryl methyl sites for hydroxylation is 1. The lowest BCUT2D eigenvalue weighted by atomic mass is 10.1. The highest BCUT2D eigenvalue weighted by atomic mass is 16.5. The third kappa shape index (κ3) is 3.85. The van der Waals surface area contributed by atoms with Gasteiger partial charge in [-0.15, -0.1) is 10.2 Å². The molecule has 2 N–H and O–H groups in total. The average molecular weight is 289 g/mol. The molecule has 21 heavy (non-hydrogen) atoms. The fourth-order valence-electron chi connectivity index (χ4n) is 1.54. The van der Waals surface area contributed by atoms with Crippen LogP contribution in [0.3, 0.4) is 0 Å². The van der Waals surface area contributed by atoms with E-state index in [1.165, 1.54) is 6.92 Å². The molecule has 1 aromatic heterocycles. The zero-order valence-corrected chi connectivity index (χ0v) is 11.7. The van der Waals surface area contributed by atoms with Gasteiger partial charge in [-0.2, -0.15) is 4.80 Å². The van der Waals surface area contributed by atoms with Crippen molar-refractivity contribution in [3.05, 3.63) is 29.8 Å². The number of rotatable bonds is 5. The molecule has 0 radical (unpaired) electrons. The molecular formula is C13H15N5O3. The van der Waals surface area contributed by atoms with Crippen LogP contribution in [0.5, 0.6) is 0 Å². The van der Waals surface area contributed by atoms with Crippen LogP contribution in [0.15, 0.2) is 24.3 Å². The molecule has 1 aromatic carbocycles. The van der Waals surface area contributed by atoms with Crippen LogP contribution in [-0.4, -0.2) is 38.2 Å². The summed E-state index contributed by atoms with van der Waals surface area (Å²) in [5, 5.41) is 11.7. The molecule has 0 aliphatic carbocycles. The largest absolute Gasteiger partial charge is 0.451 e. The Morgan fingerprint density at radius 3 is 2.62 bits per heavy atom. The molecule has 0 saturated carbocycles. The molecule has 1 amide bonds. The van der Waals surface area contributed by atoms with Gasteiger partial charge < -0.3 is 10.5 Å². The molecular weight excluding hydrogens is 274 g/mol. The Kier molecular flexibility index (Phi) is 4.27. The molecule has 8 heteroatoms. The van der Waals surface area contributed by atoms with Gasteiger partial charge in [0.25, 0.3) is 5.91 Å². The number of carbonyl (C=O) groups is 2. The summed E-state index contributed by atoms with van der Waals surface area (Å²) in [5.41, 5.74) is 6.92. The number of primary amides is 1. The second-order valence-corrected chi connectivity index (χ2v) is 4.54. The van der Waals surface area contributed by atoms with Crippen molar-refractivity contribution in [2.45, 2.75) is 26.5 Å². The molecule has 0 spiro atoms. The van der Waals surface area contributed by atoms with Crippen LogP contribution >= 0.6 is 0 Å². The number of esters is 1. The molecule has 8 nitrogen and oxygen atoms in total. The van der Waals surface area contributed by atoms with Gasteiger partial charge in [-0.25, -0.2) is 4.79 Å². The van der Waals surface area contributed by atoms with Crippen molar-refractivity contribution >= 4 is 11.9 Å². The van der Waals surface area contributed by atoms with Crippen LogP contribution in [-0.2, 0) is 20.9 Å². The molecule has 2 rings (SSSR count). The SMILES string of the molecule is Cc1ccc(-c2nnn(CC(=O)OC(C)C(N)=O)n2)cc1. The number of nitrogens with zero attached hydrogens (tertiary/aromatic N) is 4. The Morgan fingerprint density at radius 1 is 1.33 bits per heavy atom. The Balaban J connectivity index is 2.01. The molecule has 0 aliphatic heterocycles. The minimum atomic E-state index is -0.988. The van der Waals surface area contributed by atoms with E-state index in [9.17, 15) is 9.59 Å². The lowest BCUT2D eigenvalue weighted by Crippen LogP contribution is -2.31. The Hall–Kier alpha value is -2.77. The summed E-state index contributed by atoms with van der Waals surface area (Å²) in [6, 6.07) is 7.59. The number of benzene rings is 1. The maximum atomic E-state index is 11.6. The van der Waals surface area contributed by atoms with Crippen LogP contribution in [0.4, 0.5) is 0 Å². The molecule has 0 saturated heterocycles. The van der Waals surface area contributed by atoms with Gasteiger partial charge in [0.1, 0.15) is 0 Å². The predicted octanol–water partition coefficient (Wildman–Crippen LogP) is 0.0655. The first-order valence-corrected chi connectivity index (χ1v) is 6.29. The first-order valence-electron chi connectivity index (χ1n) is 6.29. The van der Waals surface area contributed by atoms with E-state index in [1.807, 2.05) is 31.2 Å². The minimum Gasteiger partial charge on any atom is -0.451 e. The second-order valence-electron chi connectivity index (χ2n) is 4.54. The fourth-order valence-corrected chi connectivity index (χ4v) is 1.54. The van der Waals surface area contributed by atoms with Crippen molar-refractivity contribution < 1.29 is 14.3 Å². The zero-order chi connectivity index (χ0) is 15.4. The second kappa shape index (κ2) is 6.12. The topological polar surface area (TPSA) is 113 Å². The lowest BCUT2D eigenvalue weighted by molar-refractivity contribution is -0.154. The number of nitrogens with two attached hydrogens (primary N) is 1. The van der Waals surface area contributed by atoms with Crippen LogP contribution in [0.1, 0.15) is 12.5 Å². The number of hydrogen-bond donors (Lipinski definition) is 1. The standard InChI is InChI=1S/C13H15N5O3/c1-8-3-5-10(6-4-8)13-15-17-18(16-13)7-11(19)21-9(2)12(14)20/h3-6,9H,7H2,1-2H3,(H2,14,20). The summed E-state index contributed by atoms with van der Waals surface area (Å²) in [6.07, 6.45) is -0.988. The number of aromatic nitrogens is 4. The average Bonchev–Trinajstić information content (AvgIpc) is 2.87. The normalized spacial score (nSPS) is 11.9. The quantitative estimate of drug-likeness (QED) is 0.779. The van der Waals surface area contributed by atoms with Gasteiger partial charge in [0, 0.05) is 5.56 Å². The van der Waals surface area contributed by atoms with Crippen molar-refractivity contribution in [3.63, 3.8) is 0 Å². The van der Waals surface area contributed by atoms with Crippen LogP contribution in [0.2, 0.25) is 0 Å². The van der Waals surface area contributed by atoms with E-state index < -0.39 is 18.0 Å². The van der Waals surface area contributed by atoms with E-state index in [0.717, 1.165) is 15.9 Å². The molecule has 0 aliphatic rings. The van der Waals surface area contributed by atoms with Gasteiger partial charge in [-0.3, -0.25) is 4.79 Å². The summed E-state index contributed by atoms with van der Waals surface area (Å²) in [4.78, 5) is 23.5. The molecule has 110 valence electrons. The van der Waals surface area contributed by atoms with E-state index in [4.69, 9.17) is 10.5 Å². The molecule has 2 aromatic rings. The molecule has 1 heterocycles. The molecule has 0 fully saturated rings. The molecule has 0 bridgehead atoms. The molecule has 1 atom stereocenters. The zero-order valence-electron chi connectivity index (χ0n) is 11.7. The number of ether oxygens (including phenoxy) is 1. The van der Waals surface area contributed by atoms with E-state index in [2.05, 4.69) is 15.4 Å². The third-order valence-corrected chi connectivity index (χ3v) is 2.74. The number of tetrazole rings is 1. The van der Waals surface area contributed by atoms with Crippen molar-refractivity contribution in [3.8, 4) is 11.4 Å². The Labute approximate surface area is 120 Å². The lowest BCUT2D eigenvalue weighted by Gasteiger charge is -2.08. The van der Waals surface area contributed by atoms with Gasteiger partial charge in [-0.05, 0) is 19.1 Å². The summed E-state index contributed by atoms with van der Waals surface area (Å²) < 4.78 is 4.80. The van der Waals surface area contributed by atoms with Crippen molar-refractivity contribution in [1.29, 1.82) is 0 Å². The number of amides is 1. The Bertz CT molecular complexity index is 650. The number of hydrogen-bond acceptors (Lipinski definition) is 6. The maximum Gasteiger partial charge on any atom is 0.330 e. The first-order chi connectivity index (χ1) is 9.95. The summed E-state index contributed by atoms with van der Waals surface area (Å²) in [6.45, 7) is 3.13. The maximum absolute atomic E-state index is 11.6. The smallest absolute Gasteiger partial charge is 0.330 e. The van der Waals surface area contributed by atoms with Gasteiger partial charge in [0.05, 0.1) is 0 Å². The minimum absolute atomic E-state index is 0.240. The van der Waals surface area contributed by atoms with E-state index >= 15 is 0 Å². The van der Waals surface area contributed by atoms with Crippen LogP contribution in [0, 0.1) is 6.92 Å². The summed E-state index contributed by atoms with van der Waals surface area (Å²) >= 11 is 0. The van der Waals surface area contributed by atoms with Crippen LogP contribution < -0.4 is 5.73 Å². The highest BCUT2D eigenvalue weighted by molar-refractivity contribution is 5.81. The third-order valence-electron chi connectivity index (χ3n) is 2.74. The monoisotopic (exact) mass is 289 g/mol. The highest BCUT2D eigenvalue weighted by Crippen LogP contribution is 2.13. The van der Waals surface area contributed by atoms with Crippen molar-refractivity contribution in [2.75, 3.05) is 0 Å². The molecule has 1 unspecified atom stereocenters. The highest BCUT2D eigenvalue weighted by Gasteiger charge is 2.16. The van der Waals surface area contributed by atoms with Crippen molar-refractivity contribution in [1.82, 2.24) is 20.2 Å². The van der Waals surface area contributed by atoms with Crippen molar-refractivity contribution in [2.24, 2.45) is 5.73 Å². The van der Waals surface area contributed by atoms with E-state index in [0.29, 0.717) is 5.82 Å². The predicted molar refractivity (Wildman–Crippen MR) is 72.7 cm³/mol. The van der Waals surface area contributed by atoms with E-state index in [-0.39, 0.29) is 6.54 Å². The fraction of sp³-hybridized carbons (Fsp3) is 0.308. The number of carbonyl (C=O) groups excluding carboxylic acids is 2. The van der Waals surface area contributed by atoms with Gasteiger partial charge >= 0.3 is 5.97 Å². The van der Waals surface area contributed by atoms with Crippen LogP contribution in [0.25, 0.3) is 11.4 Å². The van der Waals surface area contributed by atoms with Gasteiger partial charge in [0.2, 0.25) is 5.82 Å². The summed E-state index contributed by atoms with van der Waals surface area (Å²) in [5.74, 6) is -0.963. The summed E-state index contributed by atoms with van der Waals surface area (Å²) in [7, 11) is 0.